The molecule has 0 saturated heterocycles. The predicted octanol–water partition coefficient (Wildman–Crippen LogP) is 18.6. The first-order chi connectivity index (χ1) is 35.1. The fourth-order valence-corrected chi connectivity index (χ4v) is 11.4. The number of hydrogen-bond acceptors (Lipinski definition) is 1. The van der Waals surface area contributed by atoms with Gasteiger partial charge in [-0.15, -0.1) is 0 Å². The smallest absolute Gasteiger partial charge is 0.0719 e. The summed E-state index contributed by atoms with van der Waals surface area (Å²) in [7, 11) is 0. The fourth-order valence-electron chi connectivity index (χ4n) is 11.4. The molecule has 1 nitrogen and oxygen atoms in total. The summed E-state index contributed by atoms with van der Waals surface area (Å²) in [4.78, 5) is 0. The lowest BCUT2D eigenvalue weighted by atomic mass is 9.55. The molecule has 0 heterocycles. The summed E-state index contributed by atoms with van der Waals surface area (Å²) in [5.74, 6) is 0. The third-order valence-corrected chi connectivity index (χ3v) is 14.9. The van der Waals surface area contributed by atoms with E-state index in [1.165, 1.54) is 83.5 Å². The van der Waals surface area contributed by atoms with E-state index in [-0.39, 0.29) is 10.8 Å². The first-order valence-corrected chi connectivity index (χ1v) is 26.0. The van der Waals surface area contributed by atoms with E-state index in [0.717, 1.165) is 36.1 Å². The lowest BCUT2D eigenvalue weighted by Gasteiger charge is -2.46. The molecule has 0 bridgehead atoms. The topological polar surface area (TPSA) is 12.0 Å². The van der Waals surface area contributed by atoms with Gasteiger partial charge in [-0.25, -0.2) is 0 Å². The average Bonchev–Trinajstić information content (AvgIpc) is 3.73. The first-order valence-electron chi connectivity index (χ1n) is 26.0. The molecule has 1 N–H and O–H groups in total. The van der Waals surface area contributed by atoms with Crippen molar-refractivity contribution < 1.29 is 0 Å². The van der Waals surface area contributed by atoms with Crippen LogP contribution in [0.25, 0.3) is 50.6 Å². The number of nitrogens with one attached hydrogen (secondary N) is 1. The van der Waals surface area contributed by atoms with Gasteiger partial charge in [0.25, 0.3) is 0 Å². The van der Waals surface area contributed by atoms with Gasteiger partial charge in [-0.1, -0.05) is 280 Å². The molecule has 0 fully saturated rings. The summed E-state index contributed by atoms with van der Waals surface area (Å²) in [5, 5.41) is 3.55. The van der Waals surface area contributed by atoms with Crippen molar-refractivity contribution in [3.8, 4) is 33.4 Å². The normalized spacial score (nSPS) is 14.1. The minimum absolute atomic E-state index is 0.148. The van der Waals surface area contributed by atoms with Gasteiger partial charge in [-0.2, -0.15) is 0 Å². The first kappa shape index (κ1) is 49.2. The minimum atomic E-state index is -0.451. The van der Waals surface area contributed by atoms with Crippen molar-refractivity contribution in [2.75, 3.05) is 6.54 Å². The molecule has 0 aliphatic heterocycles. The molecule has 0 unspecified atom stereocenters. The van der Waals surface area contributed by atoms with Crippen LogP contribution in [0.5, 0.6) is 0 Å². The van der Waals surface area contributed by atoms with Crippen LogP contribution >= 0.6 is 0 Å². The van der Waals surface area contributed by atoms with E-state index in [0.29, 0.717) is 0 Å². The molecule has 0 aromatic heterocycles. The van der Waals surface area contributed by atoms with Crippen molar-refractivity contribution in [3.63, 3.8) is 0 Å². The second-order valence-corrected chi connectivity index (χ2v) is 20.1. The number of fused-ring (bicyclic) bond motifs is 9. The van der Waals surface area contributed by atoms with E-state index in [2.05, 4.69) is 277 Å². The zero-order valence-corrected chi connectivity index (χ0v) is 43.3. The maximum absolute atomic E-state index is 4.73. The molecule has 2 aliphatic rings. The largest absolute Gasteiger partial charge is 0.388 e. The molecule has 0 saturated carbocycles. The summed E-state index contributed by atoms with van der Waals surface area (Å²) in [6.45, 7) is 21.2. The Morgan fingerprint density at radius 2 is 1.11 bits per heavy atom. The Hall–Kier alpha value is -7.74. The van der Waals surface area contributed by atoms with Gasteiger partial charge >= 0.3 is 0 Å². The maximum Gasteiger partial charge on any atom is 0.0719 e. The molecule has 10 rings (SSSR count). The third kappa shape index (κ3) is 9.21. The lowest BCUT2D eigenvalue weighted by molar-refractivity contribution is 0.532. The third-order valence-electron chi connectivity index (χ3n) is 14.9. The SMILES string of the molecule is C=C(/C=C\c1ccc(-c2ccccc2)cc1)c1ccc(-c2cccc3c2-c2ccccc2C32c3ccccc3C(C)(C)c3ccccc32)cc1C(C)(C)C/C=C/NC/C=C\C(=C/CC)c1ccccc1.CC. The summed E-state index contributed by atoms with van der Waals surface area (Å²) in [6, 6.07) is 71.7. The maximum atomic E-state index is 4.73. The van der Waals surface area contributed by atoms with Crippen LogP contribution in [0, 0.1) is 0 Å². The number of hydrogen-bond donors (Lipinski definition) is 1. The van der Waals surface area contributed by atoms with Crippen molar-refractivity contribution in [1.82, 2.24) is 5.32 Å². The highest BCUT2D eigenvalue weighted by Gasteiger charge is 2.53. The molecular weight excluding hydrogens is 867 g/mol. The highest BCUT2D eigenvalue weighted by atomic mass is 14.8. The number of benzene rings is 8. The van der Waals surface area contributed by atoms with Gasteiger partial charge in [0.05, 0.1) is 5.41 Å². The molecule has 8 aromatic rings. The zero-order valence-electron chi connectivity index (χ0n) is 43.3. The van der Waals surface area contributed by atoms with E-state index < -0.39 is 5.41 Å². The quantitative estimate of drug-likeness (QED) is 0.0846. The molecule has 0 atom stereocenters. The van der Waals surface area contributed by atoms with Crippen molar-refractivity contribution in [2.24, 2.45) is 0 Å². The highest BCUT2D eigenvalue weighted by molar-refractivity contribution is 5.97. The molecule has 2 aliphatic carbocycles. The van der Waals surface area contributed by atoms with E-state index in [9.17, 15) is 0 Å². The Bertz CT molecular complexity index is 3270. The lowest BCUT2D eigenvalue weighted by Crippen LogP contribution is -2.40. The predicted molar refractivity (Wildman–Crippen MR) is 311 cm³/mol. The van der Waals surface area contributed by atoms with Crippen LogP contribution in [0.1, 0.15) is 117 Å². The van der Waals surface area contributed by atoms with Crippen LogP contribution < -0.4 is 5.32 Å². The van der Waals surface area contributed by atoms with E-state index in [1.54, 1.807) is 0 Å². The standard InChI is InChI=1S/C69H63N.C2H6/c1-7-23-51(52-24-10-8-11-25-52)28-21-46-70-47-22-45-67(3,4)65-48-55(43-44-56(65)49(2)37-38-50-39-41-54(42-40-50)53-26-12-9-13-27-53)57-30-20-36-64-66(57)58-29-14-15-31-59(58)69(64)62-34-18-16-32-60(62)68(5,6)61-33-17-19-35-63(61)69;1-2/h8-44,47-48,70H,2,7,45-46H2,1,3-6H3;1-2H3/b28-21-,38-37-,47-22+,51-23+;. The van der Waals surface area contributed by atoms with Gasteiger partial charge in [0.1, 0.15) is 0 Å². The summed E-state index contributed by atoms with van der Waals surface area (Å²) >= 11 is 0. The second-order valence-electron chi connectivity index (χ2n) is 20.1. The Morgan fingerprint density at radius 3 is 1.78 bits per heavy atom. The molecule has 72 heavy (non-hydrogen) atoms. The van der Waals surface area contributed by atoms with Gasteiger partial charge in [0.2, 0.25) is 0 Å². The van der Waals surface area contributed by atoms with Crippen LogP contribution in [-0.2, 0) is 16.2 Å². The van der Waals surface area contributed by atoms with Gasteiger partial charge in [0, 0.05) is 12.0 Å². The van der Waals surface area contributed by atoms with Crippen LogP contribution in [0.4, 0.5) is 0 Å². The Balaban J connectivity index is 0.00000316. The summed E-state index contributed by atoms with van der Waals surface area (Å²) in [5.41, 5.74) is 22.0. The second kappa shape index (κ2) is 21.3. The number of allylic oxidation sites excluding steroid dienone is 6. The molecule has 8 aromatic carbocycles. The Labute approximate surface area is 430 Å². The van der Waals surface area contributed by atoms with Crippen LogP contribution in [-0.4, -0.2) is 6.54 Å². The van der Waals surface area contributed by atoms with E-state index in [1.807, 2.05) is 13.8 Å². The fraction of sp³-hybridized carbons (Fsp3) is 0.183. The Morgan fingerprint density at radius 1 is 0.556 bits per heavy atom. The minimum Gasteiger partial charge on any atom is -0.388 e. The average molecular weight is 936 g/mol. The molecule has 358 valence electrons. The molecule has 1 spiro atoms. The van der Waals surface area contributed by atoms with Gasteiger partial charge < -0.3 is 5.32 Å². The van der Waals surface area contributed by atoms with Crippen molar-refractivity contribution >= 4 is 17.2 Å². The van der Waals surface area contributed by atoms with Crippen LogP contribution in [0.15, 0.2) is 237 Å². The molecule has 0 amide bonds. The van der Waals surface area contributed by atoms with Crippen molar-refractivity contribution in [2.45, 2.75) is 77.6 Å². The van der Waals surface area contributed by atoms with E-state index >= 15 is 0 Å². The van der Waals surface area contributed by atoms with Crippen molar-refractivity contribution in [3.05, 3.63) is 293 Å². The van der Waals surface area contributed by atoms with Gasteiger partial charge in [-0.3, -0.25) is 0 Å². The van der Waals surface area contributed by atoms with Gasteiger partial charge in [-0.05, 0) is 131 Å². The molecular formula is C71H69N. The monoisotopic (exact) mass is 936 g/mol. The molecule has 0 radical (unpaired) electrons. The van der Waals surface area contributed by atoms with Crippen molar-refractivity contribution in [1.29, 1.82) is 0 Å². The zero-order chi connectivity index (χ0) is 50.3. The highest BCUT2D eigenvalue weighted by Crippen LogP contribution is 2.63. The van der Waals surface area contributed by atoms with Gasteiger partial charge in [0.15, 0.2) is 0 Å². The molecule has 1 heteroatoms. The van der Waals surface area contributed by atoms with Crippen LogP contribution in [0.3, 0.4) is 0 Å². The van der Waals surface area contributed by atoms with E-state index in [4.69, 9.17) is 6.58 Å². The Kier molecular flexibility index (Phi) is 14.6. The summed E-state index contributed by atoms with van der Waals surface area (Å²) in [6.07, 6.45) is 17.3. The summed E-state index contributed by atoms with van der Waals surface area (Å²) < 4.78 is 0. The number of rotatable bonds is 14. The van der Waals surface area contributed by atoms with Crippen LogP contribution in [0.2, 0.25) is 0 Å².